The lowest BCUT2D eigenvalue weighted by Crippen LogP contribution is -2.51. The lowest BCUT2D eigenvalue weighted by Gasteiger charge is -2.38. The minimum atomic E-state index is -4.01. The molecule has 42 heavy (non-hydrogen) atoms. The summed E-state index contributed by atoms with van der Waals surface area (Å²) in [6.07, 6.45) is 0. The molecule has 1 saturated heterocycles. The van der Waals surface area contributed by atoms with Gasteiger partial charge in [0.2, 0.25) is 0 Å². The van der Waals surface area contributed by atoms with Crippen LogP contribution in [0.15, 0.2) is 128 Å². The van der Waals surface area contributed by atoms with Crippen LogP contribution in [0.4, 0.5) is 0 Å². The number of rotatable bonds is 6. The van der Waals surface area contributed by atoms with Crippen LogP contribution in [-0.4, -0.2) is 64.5 Å². The normalized spacial score (nSPS) is 15.1. The summed E-state index contributed by atoms with van der Waals surface area (Å²) in [6.45, 7) is 1.40. The van der Waals surface area contributed by atoms with Gasteiger partial charge in [-0.3, -0.25) is 0 Å². The number of nitrogens with zero attached hydrogens (tertiary/aromatic N) is 4. The Hall–Kier alpha value is -3.70. The van der Waals surface area contributed by atoms with Crippen LogP contribution in [0.3, 0.4) is 0 Å². The van der Waals surface area contributed by atoms with Crippen molar-refractivity contribution in [2.45, 2.75) is 9.79 Å². The molecule has 0 bridgehead atoms. The van der Waals surface area contributed by atoms with E-state index >= 15 is 0 Å². The molecule has 1 fully saturated rings. The van der Waals surface area contributed by atoms with Crippen LogP contribution in [0.5, 0.6) is 0 Å². The molecule has 0 unspecified atom stereocenters. The van der Waals surface area contributed by atoms with Crippen molar-refractivity contribution >= 4 is 54.9 Å². The zero-order valence-electron chi connectivity index (χ0n) is 22.2. The largest absolute Gasteiger partial charge is 0.352 e. The molecule has 216 valence electrons. The van der Waals surface area contributed by atoms with E-state index in [1.165, 1.54) is 24.3 Å². The number of hydrogen-bond donors (Lipinski definition) is 0. The van der Waals surface area contributed by atoms with Crippen LogP contribution in [0.2, 0.25) is 10.0 Å². The van der Waals surface area contributed by atoms with Gasteiger partial charge in [0, 0.05) is 47.4 Å². The zero-order valence-corrected chi connectivity index (χ0v) is 25.4. The maximum atomic E-state index is 13.3. The molecule has 1 heterocycles. The predicted octanol–water partition coefficient (Wildman–Crippen LogP) is 5.58. The van der Waals surface area contributed by atoms with Crippen molar-refractivity contribution in [3.63, 3.8) is 0 Å². The quantitative estimate of drug-likeness (QED) is 0.201. The third kappa shape index (κ3) is 7.01. The Kier molecular flexibility index (Phi) is 8.98. The second kappa shape index (κ2) is 12.7. The van der Waals surface area contributed by atoms with Gasteiger partial charge in [-0.25, -0.2) is 0 Å². The first-order chi connectivity index (χ1) is 20.1. The van der Waals surface area contributed by atoms with E-state index in [-0.39, 0.29) is 21.5 Å². The van der Waals surface area contributed by atoms with E-state index in [4.69, 9.17) is 23.2 Å². The summed E-state index contributed by atoms with van der Waals surface area (Å²) in [5.41, 5.74) is 1.18. The minimum Gasteiger partial charge on any atom is -0.352 e. The zero-order chi connectivity index (χ0) is 29.7. The molecule has 4 aromatic rings. The van der Waals surface area contributed by atoms with Gasteiger partial charge in [0.25, 0.3) is 20.0 Å². The van der Waals surface area contributed by atoms with Gasteiger partial charge in [-0.2, -0.15) is 16.8 Å². The highest BCUT2D eigenvalue weighted by atomic mass is 35.5. The van der Waals surface area contributed by atoms with Crippen molar-refractivity contribution in [2.24, 2.45) is 8.80 Å². The van der Waals surface area contributed by atoms with Crippen molar-refractivity contribution in [1.29, 1.82) is 0 Å². The summed E-state index contributed by atoms with van der Waals surface area (Å²) in [6, 6.07) is 29.6. The number of halogens is 2. The Morgan fingerprint density at radius 3 is 1.12 bits per heavy atom. The van der Waals surface area contributed by atoms with E-state index < -0.39 is 20.0 Å². The van der Waals surface area contributed by atoms with E-state index in [2.05, 4.69) is 8.80 Å². The fourth-order valence-corrected chi connectivity index (χ4v) is 6.79. The summed E-state index contributed by atoms with van der Waals surface area (Å²) in [7, 11) is -8.03. The Morgan fingerprint density at radius 1 is 0.500 bits per heavy atom. The van der Waals surface area contributed by atoms with Crippen molar-refractivity contribution in [3.8, 4) is 0 Å². The SMILES string of the molecule is O=S(=O)(/N=C(\c1ccc(Cl)cc1)N1CCN(/C(=N/S(=O)(=O)c2ccccc2)c2ccc(Cl)cc2)CC1)c1ccccc1. The standard InChI is InChI=1S/C30H26Cl2N4O4S2/c31-25-15-11-23(12-16-25)29(33-41(37,38)27-7-3-1-4-8-27)35-19-21-36(22-20-35)30(24-13-17-26(32)18-14-24)34-42(39,40)28-9-5-2-6-10-28/h1-18H,19-22H2/b33-29+,34-30+. The minimum absolute atomic E-state index is 0.0818. The fourth-order valence-electron chi connectivity index (χ4n) is 4.43. The van der Waals surface area contributed by atoms with Gasteiger partial charge in [-0.15, -0.1) is 8.80 Å². The Balaban J connectivity index is 1.48. The van der Waals surface area contributed by atoms with Crippen LogP contribution >= 0.6 is 23.2 Å². The highest BCUT2D eigenvalue weighted by Crippen LogP contribution is 2.21. The molecule has 0 aliphatic carbocycles. The van der Waals surface area contributed by atoms with Crippen LogP contribution in [0.1, 0.15) is 11.1 Å². The maximum absolute atomic E-state index is 13.3. The van der Waals surface area contributed by atoms with Crippen LogP contribution in [0.25, 0.3) is 0 Å². The van der Waals surface area contributed by atoms with Crippen LogP contribution in [-0.2, 0) is 20.0 Å². The first-order valence-corrected chi connectivity index (χ1v) is 16.6. The molecule has 0 atom stereocenters. The Labute approximate surface area is 255 Å². The Morgan fingerprint density at radius 2 is 0.810 bits per heavy atom. The van der Waals surface area contributed by atoms with E-state index in [1.807, 2.05) is 9.80 Å². The average Bonchev–Trinajstić information content (AvgIpc) is 3.01. The molecule has 12 heteroatoms. The highest BCUT2D eigenvalue weighted by molar-refractivity contribution is 7.90. The van der Waals surface area contributed by atoms with Gasteiger partial charge < -0.3 is 9.80 Å². The lowest BCUT2D eigenvalue weighted by molar-refractivity contribution is 0.260. The third-order valence-electron chi connectivity index (χ3n) is 6.58. The Bertz CT molecular complexity index is 1670. The molecule has 0 amide bonds. The summed E-state index contributed by atoms with van der Waals surface area (Å²) < 4.78 is 61.5. The van der Waals surface area contributed by atoms with Gasteiger partial charge >= 0.3 is 0 Å². The average molecular weight is 642 g/mol. The smallest absolute Gasteiger partial charge is 0.284 e. The molecule has 8 nitrogen and oxygen atoms in total. The van der Waals surface area contributed by atoms with Crippen molar-refractivity contribution in [1.82, 2.24) is 9.80 Å². The molecule has 0 aromatic heterocycles. The van der Waals surface area contributed by atoms with Gasteiger partial charge in [-0.1, -0.05) is 59.6 Å². The van der Waals surface area contributed by atoms with E-state index in [0.717, 1.165) is 0 Å². The van der Waals surface area contributed by atoms with Crippen molar-refractivity contribution in [2.75, 3.05) is 26.2 Å². The molecular weight excluding hydrogens is 615 g/mol. The van der Waals surface area contributed by atoms with Crippen molar-refractivity contribution in [3.05, 3.63) is 130 Å². The topological polar surface area (TPSA) is 99.5 Å². The monoisotopic (exact) mass is 640 g/mol. The highest BCUT2D eigenvalue weighted by Gasteiger charge is 2.27. The second-order valence-electron chi connectivity index (χ2n) is 9.39. The molecule has 0 radical (unpaired) electrons. The molecular formula is C30H26Cl2N4O4S2. The molecule has 0 spiro atoms. The van der Waals surface area contributed by atoms with Crippen molar-refractivity contribution < 1.29 is 16.8 Å². The number of benzene rings is 4. The van der Waals surface area contributed by atoms with Gasteiger partial charge in [0.1, 0.15) is 11.7 Å². The van der Waals surface area contributed by atoms with E-state index in [1.54, 1.807) is 84.9 Å². The third-order valence-corrected chi connectivity index (χ3v) is 9.65. The van der Waals surface area contributed by atoms with Crippen LogP contribution < -0.4 is 0 Å². The maximum Gasteiger partial charge on any atom is 0.284 e. The summed E-state index contributed by atoms with van der Waals surface area (Å²) >= 11 is 12.2. The molecule has 4 aromatic carbocycles. The molecule has 5 rings (SSSR count). The molecule has 1 aliphatic heterocycles. The molecule has 1 aliphatic rings. The number of sulfonamides is 2. The van der Waals surface area contributed by atoms with E-state index in [0.29, 0.717) is 47.4 Å². The fraction of sp³-hybridized carbons (Fsp3) is 0.133. The van der Waals surface area contributed by atoms with Gasteiger partial charge in [0.15, 0.2) is 0 Å². The molecule has 0 N–H and O–H groups in total. The van der Waals surface area contributed by atoms with Gasteiger partial charge in [0.05, 0.1) is 9.79 Å². The number of hydrogen-bond acceptors (Lipinski definition) is 4. The second-order valence-corrected chi connectivity index (χ2v) is 13.5. The van der Waals surface area contributed by atoms with E-state index in [9.17, 15) is 16.8 Å². The summed E-state index contributed by atoms with van der Waals surface area (Å²) in [5, 5.41) is 1.02. The lowest BCUT2D eigenvalue weighted by atomic mass is 10.1. The first kappa shape index (κ1) is 29.8. The number of piperazine rings is 1. The summed E-state index contributed by atoms with van der Waals surface area (Å²) in [5.74, 6) is 0.550. The number of amidine groups is 2. The van der Waals surface area contributed by atoms with Crippen LogP contribution in [0, 0.1) is 0 Å². The van der Waals surface area contributed by atoms with Gasteiger partial charge in [-0.05, 0) is 72.8 Å². The summed E-state index contributed by atoms with van der Waals surface area (Å²) in [4.78, 5) is 3.90. The first-order valence-electron chi connectivity index (χ1n) is 12.9. The molecule has 0 saturated carbocycles. The predicted molar refractivity (Wildman–Crippen MR) is 166 cm³/mol.